The van der Waals surface area contributed by atoms with Crippen LogP contribution in [0.2, 0.25) is 0 Å². The molecule has 0 aliphatic carbocycles. The van der Waals surface area contributed by atoms with E-state index in [4.69, 9.17) is 0 Å². The van der Waals surface area contributed by atoms with Gasteiger partial charge in [-0.2, -0.15) is 0 Å². The Kier molecular flexibility index (Phi) is 3.94. The molecule has 19 heavy (non-hydrogen) atoms. The maximum absolute atomic E-state index is 12.1. The number of nitrogens with one attached hydrogen (secondary N) is 1. The highest BCUT2D eigenvalue weighted by atomic mass is 32.2. The average Bonchev–Trinajstić information content (AvgIpc) is 2.32. The molecule has 0 saturated carbocycles. The predicted molar refractivity (Wildman–Crippen MR) is 75.9 cm³/mol. The van der Waals surface area contributed by atoms with E-state index in [0.29, 0.717) is 12.8 Å². The van der Waals surface area contributed by atoms with Gasteiger partial charge in [-0.15, -0.1) is 0 Å². The van der Waals surface area contributed by atoms with Crippen molar-refractivity contribution in [1.29, 1.82) is 0 Å². The Balaban J connectivity index is 2.06. The van der Waals surface area contributed by atoms with Crippen LogP contribution >= 0.6 is 0 Å². The quantitative estimate of drug-likeness (QED) is 0.902. The molecule has 1 aliphatic rings. The lowest BCUT2D eigenvalue weighted by molar-refractivity contribution is -0.119. The molecule has 5 heteroatoms. The van der Waals surface area contributed by atoms with Gasteiger partial charge in [-0.3, -0.25) is 4.79 Å². The number of carbonyl (C=O) groups is 1. The normalized spacial score (nSPS) is 21.9. The minimum absolute atomic E-state index is 0.0241. The SMILES string of the molecule is Cc1ccc(NC(=O)C2CCCS(=O)(=O)C2)cc1C. The molecule has 104 valence electrons. The van der Waals surface area contributed by atoms with Gasteiger partial charge >= 0.3 is 0 Å². The minimum Gasteiger partial charge on any atom is -0.326 e. The fourth-order valence-corrected chi connectivity index (χ4v) is 4.00. The predicted octanol–water partition coefficient (Wildman–Crippen LogP) is 2.07. The van der Waals surface area contributed by atoms with Gasteiger partial charge in [0.05, 0.1) is 17.4 Å². The van der Waals surface area contributed by atoms with Crippen molar-refractivity contribution in [3.8, 4) is 0 Å². The summed E-state index contributed by atoms with van der Waals surface area (Å²) in [7, 11) is -3.04. The Labute approximate surface area is 114 Å². The number of aryl methyl sites for hydroxylation is 2. The van der Waals surface area contributed by atoms with E-state index in [2.05, 4.69) is 5.32 Å². The van der Waals surface area contributed by atoms with Crippen LogP contribution in [0.25, 0.3) is 0 Å². The van der Waals surface area contributed by atoms with Crippen LogP contribution in [-0.2, 0) is 14.6 Å². The van der Waals surface area contributed by atoms with Gasteiger partial charge in [0, 0.05) is 5.69 Å². The zero-order valence-electron chi connectivity index (χ0n) is 11.3. The first kappa shape index (κ1) is 14.1. The van der Waals surface area contributed by atoms with Gasteiger partial charge in [0.1, 0.15) is 0 Å². The van der Waals surface area contributed by atoms with Crippen LogP contribution in [0.1, 0.15) is 24.0 Å². The van der Waals surface area contributed by atoms with E-state index in [1.165, 1.54) is 5.56 Å². The molecule has 1 heterocycles. The molecule has 1 atom stereocenters. The second-order valence-corrected chi connectivity index (χ2v) is 7.47. The number of anilines is 1. The number of amides is 1. The molecule has 1 aromatic carbocycles. The highest BCUT2D eigenvalue weighted by Crippen LogP contribution is 2.21. The number of sulfone groups is 1. The largest absolute Gasteiger partial charge is 0.326 e. The lowest BCUT2D eigenvalue weighted by Crippen LogP contribution is -2.34. The summed E-state index contributed by atoms with van der Waals surface area (Å²) in [5.74, 6) is -0.420. The molecule has 1 unspecified atom stereocenters. The van der Waals surface area contributed by atoms with Crippen molar-refractivity contribution in [1.82, 2.24) is 0 Å². The number of carbonyl (C=O) groups excluding carboxylic acids is 1. The van der Waals surface area contributed by atoms with Crippen LogP contribution in [-0.4, -0.2) is 25.8 Å². The van der Waals surface area contributed by atoms with Gasteiger partial charge in [-0.05, 0) is 49.9 Å². The van der Waals surface area contributed by atoms with Crippen LogP contribution in [0, 0.1) is 19.8 Å². The van der Waals surface area contributed by atoms with Crippen molar-refractivity contribution in [2.45, 2.75) is 26.7 Å². The van der Waals surface area contributed by atoms with E-state index < -0.39 is 15.8 Å². The van der Waals surface area contributed by atoms with Gasteiger partial charge in [0.2, 0.25) is 5.91 Å². The Morgan fingerprint density at radius 3 is 2.63 bits per heavy atom. The molecule has 1 aliphatic heterocycles. The topological polar surface area (TPSA) is 63.2 Å². The molecule has 1 amide bonds. The molecule has 2 rings (SSSR count). The van der Waals surface area contributed by atoms with E-state index in [9.17, 15) is 13.2 Å². The zero-order valence-corrected chi connectivity index (χ0v) is 12.1. The molecule has 0 spiro atoms. The highest BCUT2D eigenvalue weighted by Gasteiger charge is 2.29. The van der Waals surface area contributed by atoms with Crippen molar-refractivity contribution in [2.24, 2.45) is 5.92 Å². The van der Waals surface area contributed by atoms with Crippen LogP contribution in [0.3, 0.4) is 0 Å². The number of benzene rings is 1. The second kappa shape index (κ2) is 5.33. The molecular formula is C14H19NO3S. The molecular weight excluding hydrogens is 262 g/mol. The van der Waals surface area contributed by atoms with Crippen molar-refractivity contribution in [3.63, 3.8) is 0 Å². The average molecular weight is 281 g/mol. The first-order valence-corrected chi connectivity index (χ1v) is 8.28. The summed E-state index contributed by atoms with van der Waals surface area (Å²) in [4.78, 5) is 12.1. The summed E-state index contributed by atoms with van der Waals surface area (Å²) >= 11 is 0. The van der Waals surface area contributed by atoms with E-state index in [1.807, 2.05) is 32.0 Å². The van der Waals surface area contributed by atoms with Crippen molar-refractivity contribution in [2.75, 3.05) is 16.8 Å². The minimum atomic E-state index is -3.04. The van der Waals surface area contributed by atoms with E-state index >= 15 is 0 Å². The Bertz CT molecular complexity index is 593. The third-order valence-corrected chi connectivity index (χ3v) is 5.43. The summed E-state index contributed by atoms with van der Waals surface area (Å²) < 4.78 is 23.1. The smallest absolute Gasteiger partial charge is 0.228 e. The summed E-state index contributed by atoms with van der Waals surface area (Å²) in [6.45, 7) is 3.99. The van der Waals surface area contributed by atoms with Crippen molar-refractivity contribution >= 4 is 21.4 Å². The third-order valence-electron chi connectivity index (χ3n) is 3.61. The second-order valence-electron chi connectivity index (χ2n) is 5.24. The van der Waals surface area contributed by atoms with Gasteiger partial charge in [-0.25, -0.2) is 8.42 Å². The molecule has 1 fully saturated rings. The van der Waals surface area contributed by atoms with Gasteiger partial charge < -0.3 is 5.32 Å². The van der Waals surface area contributed by atoms with Gasteiger partial charge in [-0.1, -0.05) is 6.07 Å². The van der Waals surface area contributed by atoms with Gasteiger partial charge in [0.25, 0.3) is 0 Å². The molecule has 0 bridgehead atoms. The molecule has 1 saturated heterocycles. The lowest BCUT2D eigenvalue weighted by atomic mass is 10.0. The van der Waals surface area contributed by atoms with E-state index in [-0.39, 0.29) is 17.4 Å². The van der Waals surface area contributed by atoms with Crippen molar-refractivity contribution < 1.29 is 13.2 Å². The number of rotatable bonds is 2. The monoisotopic (exact) mass is 281 g/mol. The van der Waals surface area contributed by atoms with Gasteiger partial charge in [0.15, 0.2) is 9.84 Å². The van der Waals surface area contributed by atoms with Crippen LogP contribution in [0.4, 0.5) is 5.69 Å². The maximum atomic E-state index is 12.1. The summed E-state index contributed by atoms with van der Waals surface area (Å²) in [6, 6.07) is 5.70. The van der Waals surface area contributed by atoms with Crippen LogP contribution in [0.15, 0.2) is 18.2 Å². The Hall–Kier alpha value is -1.36. The summed E-state index contributed by atoms with van der Waals surface area (Å²) in [5, 5.41) is 2.81. The molecule has 4 nitrogen and oxygen atoms in total. The fourth-order valence-electron chi connectivity index (χ4n) is 2.29. The van der Waals surface area contributed by atoms with E-state index in [0.717, 1.165) is 11.3 Å². The van der Waals surface area contributed by atoms with Crippen molar-refractivity contribution in [3.05, 3.63) is 29.3 Å². The standard InChI is InChI=1S/C14H19NO3S/c1-10-5-6-13(8-11(10)2)15-14(16)12-4-3-7-19(17,18)9-12/h5-6,8,12H,3-4,7,9H2,1-2H3,(H,15,16). The zero-order chi connectivity index (χ0) is 14.0. The molecule has 0 radical (unpaired) electrons. The summed E-state index contributed by atoms with van der Waals surface area (Å²) in [5.41, 5.74) is 3.00. The molecule has 0 aromatic heterocycles. The van der Waals surface area contributed by atoms with Crippen LogP contribution in [0.5, 0.6) is 0 Å². The fraction of sp³-hybridized carbons (Fsp3) is 0.500. The first-order valence-electron chi connectivity index (χ1n) is 6.46. The Morgan fingerprint density at radius 1 is 1.26 bits per heavy atom. The number of hydrogen-bond acceptors (Lipinski definition) is 3. The number of hydrogen-bond donors (Lipinski definition) is 1. The third kappa shape index (κ3) is 3.56. The van der Waals surface area contributed by atoms with Crippen LogP contribution < -0.4 is 5.32 Å². The maximum Gasteiger partial charge on any atom is 0.228 e. The van der Waals surface area contributed by atoms with E-state index in [1.54, 1.807) is 0 Å². The first-order chi connectivity index (χ1) is 8.87. The highest BCUT2D eigenvalue weighted by molar-refractivity contribution is 7.91. The Morgan fingerprint density at radius 2 is 2.00 bits per heavy atom. The molecule has 1 N–H and O–H groups in total. The lowest BCUT2D eigenvalue weighted by Gasteiger charge is -2.21. The summed E-state index contributed by atoms with van der Waals surface area (Å²) in [6.07, 6.45) is 1.23. The molecule has 1 aromatic rings.